The van der Waals surface area contributed by atoms with Gasteiger partial charge in [-0.2, -0.15) is 10.1 Å². The normalized spacial score (nSPS) is 11.2. The lowest BCUT2D eigenvalue weighted by Crippen LogP contribution is -2.19. The van der Waals surface area contributed by atoms with Crippen molar-refractivity contribution in [3.63, 3.8) is 0 Å². The van der Waals surface area contributed by atoms with Crippen LogP contribution in [0.4, 0.5) is 11.6 Å². The van der Waals surface area contributed by atoms with Crippen LogP contribution in [-0.4, -0.2) is 37.7 Å². The number of hydrogen-bond donors (Lipinski definition) is 2. The molecule has 3 rings (SSSR count). The predicted molar refractivity (Wildman–Crippen MR) is 101 cm³/mol. The number of carbonyl (C=O) groups excluding carboxylic acids is 1. The smallest absolute Gasteiger partial charge is 0.273 e. The number of amides is 1. The highest BCUT2D eigenvalue weighted by Gasteiger charge is 2.23. The van der Waals surface area contributed by atoms with Crippen molar-refractivity contribution in [2.45, 2.75) is 27.3 Å². The fraction of sp³-hybridized carbons (Fsp3) is 0.353. The second-order valence-electron chi connectivity index (χ2n) is 6.39. The van der Waals surface area contributed by atoms with Crippen molar-refractivity contribution in [3.8, 4) is 0 Å². The van der Waals surface area contributed by atoms with E-state index < -0.39 is 0 Å². The Hall–Kier alpha value is -2.74. The highest BCUT2D eigenvalue weighted by Crippen LogP contribution is 2.28. The number of rotatable bonds is 5. The first-order chi connectivity index (χ1) is 12.4. The lowest BCUT2D eigenvalue weighted by molar-refractivity contribution is 0.0958. The summed E-state index contributed by atoms with van der Waals surface area (Å²) in [6, 6.07) is 3.80. The van der Waals surface area contributed by atoms with Crippen LogP contribution in [0, 0.1) is 12.8 Å². The van der Waals surface area contributed by atoms with Gasteiger partial charge in [-0.25, -0.2) is 9.97 Å². The van der Waals surface area contributed by atoms with Gasteiger partial charge in [-0.05, 0) is 42.1 Å². The Morgan fingerprint density at radius 2 is 2.12 bits per heavy atom. The molecule has 0 aliphatic carbocycles. The van der Waals surface area contributed by atoms with Crippen molar-refractivity contribution >= 4 is 40.2 Å². The Morgan fingerprint density at radius 3 is 2.77 bits per heavy atom. The fourth-order valence-corrected chi connectivity index (χ4v) is 2.79. The largest absolute Gasteiger partial charge is 0.354 e. The minimum absolute atomic E-state index is 0.0295. The lowest BCUT2D eigenvalue weighted by atomic mass is 10.2. The molecule has 1 amide bonds. The van der Waals surface area contributed by atoms with Crippen LogP contribution in [0.1, 0.15) is 29.9 Å². The minimum atomic E-state index is -0.327. The van der Waals surface area contributed by atoms with Crippen molar-refractivity contribution in [1.29, 1.82) is 0 Å². The number of pyridine rings is 1. The van der Waals surface area contributed by atoms with Crippen molar-refractivity contribution in [3.05, 3.63) is 34.9 Å². The summed E-state index contributed by atoms with van der Waals surface area (Å²) in [7, 11) is 1.55. The van der Waals surface area contributed by atoms with Crippen molar-refractivity contribution in [2.75, 3.05) is 12.4 Å². The van der Waals surface area contributed by atoms with Crippen LogP contribution >= 0.6 is 11.6 Å². The van der Waals surface area contributed by atoms with Crippen LogP contribution in [0.3, 0.4) is 0 Å². The van der Waals surface area contributed by atoms with Crippen molar-refractivity contribution < 1.29 is 4.79 Å². The van der Waals surface area contributed by atoms with Crippen LogP contribution in [-0.2, 0) is 6.54 Å². The molecule has 0 atom stereocenters. The molecule has 3 aromatic heterocycles. The van der Waals surface area contributed by atoms with E-state index in [2.05, 4.69) is 44.5 Å². The number of carbonyl (C=O) groups is 1. The summed E-state index contributed by atoms with van der Waals surface area (Å²) < 4.78 is 1.74. The number of hydrogen-bond acceptors (Lipinski definition) is 6. The number of halogens is 1. The molecule has 0 radical (unpaired) electrons. The van der Waals surface area contributed by atoms with Gasteiger partial charge in [0.25, 0.3) is 5.91 Å². The zero-order chi connectivity index (χ0) is 18.8. The lowest BCUT2D eigenvalue weighted by Gasteiger charge is -2.11. The van der Waals surface area contributed by atoms with Gasteiger partial charge in [0.15, 0.2) is 11.5 Å². The summed E-state index contributed by atoms with van der Waals surface area (Å²) >= 11 is 6.10. The monoisotopic (exact) mass is 373 g/mol. The molecule has 9 heteroatoms. The Balaban J connectivity index is 2.21. The second kappa shape index (κ2) is 7.25. The zero-order valence-electron chi connectivity index (χ0n) is 15.0. The molecule has 0 saturated heterocycles. The number of anilines is 2. The van der Waals surface area contributed by atoms with Gasteiger partial charge < -0.3 is 10.6 Å². The molecular weight excluding hydrogens is 354 g/mol. The molecule has 3 heterocycles. The molecule has 2 N–H and O–H groups in total. The molecule has 26 heavy (non-hydrogen) atoms. The van der Waals surface area contributed by atoms with Gasteiger partial charge >= 0.3 is 0 Å². The maximum absolute atomic E-state index is 12.2. The zero-order valence-corrected chi connectivity index (χ0v) is 15.8. The molecule has 8 nitrogen and oxygen atoms in total. The number of fused-ring (bicyclic) bond motifs is 1. The highest BCUT2D eigenvalue weighted by molar-refractivity contribution is 6.29. The average molecular weight is 374 g/mol. The molecule has 0 unspecified atom stereocenters. The van der Waals surface area contributed by atoms with E-state index in [1.807, 2.05) is 19.1 Å². The van der Waals surface area contributed by atoms with Crippen LogP contribution in [0.2, 0.25) is 5.28 Å². The van der Waals surface area contributed by atoms with Gasteiger partial charge in [0.05, 0.1) is 0 Å². The van der Waals surface area contributed by atoms with Gasteiger partial charge in [-0.15, -0.1) is 0 Å². The molecule has 0 saturated carbocycles. The number of nitrogens with one attached hydrogen (secondary N) is 2. The molecular formula is C17H20ClN7O. The topological polar surface area (TPSA) is 97.6 Å². The van der Waals surface area contributed by atoms with Gasteiger partial charge in [0.1, 0.15) is 16.9 Å². The Labute approximate surface area is 156 Å². The minimum Gasteiger partial charge on any atom is -0.354 e. The van der Waals surface area contributed by atoms with Crippen LogP contribution < -0.4 is 10.6 Å². The van der Waals surface area contributed by atoms with E-state index in [1.165, 1.54) is 0 Å². The molecule has 0 fully saturated rings. The first-order valence-corrected chi connectivity index (χ1v) is 8.62. The SMILES string of the molecule is CNC(=O)c1nn(CC(C)C)c2c(Nc3cc(C)ccn3)nc(Cl)nc12. The summed E-state index contributed by atoms with van der Waals surface area (Å²) in [5, 5.41) is 10.2. The summed E-state index contributed by atoms with van der Waals surface area (Å²) in [5.41, 5.74) is 2.29. The van der Waals surface area contributed by atoms with Crippen molar-refractivity contribution in [1.82, 2.24) is 30.0 Å². The van der Waals surface area contributed by atoms with Crippen LogP contribution in [0.5, 0.6) is 0 Å². The average Bonchev–Trinajstić information content (AvgIpc) is 2.91. The molecule has 0 aliphatic heterocycles. The first-order valence-electron chi connectivity index (χ1n) is 8.25. The Kier molecular flexibility index (Phi) is 5.03. The van der Waals surface area contributed by atoms with Gasteiger partial charge in [0.2, 0.25) is 5.28 Å². The van der Waals surface area contributed by atoms with Crippen LogP contribution in [0.25, 0.3) is 11.0 Å². The van der Waals surface area contributed by atoms with Gasteiger partial charge in [-0.1, -0.05) is 13.8 Å². The van der Waals surface area contributed by atoms with Gasteiger partial charge in [0, 0.05) is 19.8 Å². The highest BCUT2D eigenvalue weighted by atomic mass is 35.5. The van der Waals surface area contributed by atoms with E-state index in [4.69, 9.17) is 11.6 Å². The summed E-state index contributed by atoms with van der Waals surface area (Å²) in [6.45, 7) is 6.72. The molecule has 3 aromatic rings. The first kappa shape index (κ1) is 18.1. The standard InChI is InChI=1S/C17H20ClN7O/c1-9(2)8-25-14-12(13(24-25)16(26)19-4)22-17(18)23-15(14)21-11-7-10(3)5-6-20-11/h5-7,9H,8H2,1-4H3,(H,19,26)(H,20,21,22,23). The molecule has 0 aromatic carbocycles. The van der Waals surface area contributed by atoms with Crippen LogP contribution in [0.15, 0.2) is 18.3 Å². The summed E-state index contributed by atoms with van der Waals surface area (Å²) in [6.07, 6.45) is 1.71. The number of aryl methyl sites for hydroxylation is 1. The fourth-order valence-electron chi connectivity index (χ4n) is 2.62. The quantitative estimate of drug-likeness (QED) is 0.667. The van der Waals surface area contributed by atoms with E-state index in [0.29, 0.717) is 35.1 Å². The van der Waals surface area contributed by atoms with E-state index in [9.17, 15) is 4.79 Å². The van der Waals surface area contributed by atoms with Gasteiger partial charge in [-0.3, -0.25) is 9.48 Å². The summed E-state index contributed by atoms with van der Waals surface area (Å²) in [5.74, 6) is 1.07. The van der Waals surface area contributed by atoms with E-state index in [1.54, 1.807) is 17.9 Å². The molecule has 0 spiro atoms. The van der Waals surface area contributed by atoms with Crippen molar-refractivity contribution in [2.24, 2.45) is 5.92 Å². The molecule has 136 valence electrons. The van der Waals surface area contributed by atoms with E-state index >= 15 is 0 Å². The number of nitrogens with zero attached hydrogens (tertiary/aromatic N) is 5. The van der Waals surface area contributed by atoms with E-state index in [0.717, 1.165) is 5.56 Å². The number of aromatic nitrogens is 5. The third-order valence-corrected chi connectivity index (χ3v) is 3.87. The third-order valence-electron chi connectivity index (χ3n) is 3.70. The third kappa shape index (κ3) is 3.60. The molecule has 0 aliphatic rings. The maximum Gasteiger partial charge on any atom is 0.273 e. The predicted octanol–water partition coefficient (Wildman–Crippen LogP) is 2.94. The Morgan fingerprint density at radius 1 is 1.35 bits per heavy atom. The maximum atomic E-state index is 12.2. The second-order valence-corrected chi connectivity index (χ2v) is 6.72. The Bertz CT molecular complexity index is 967. The van der Waals surface area contributed by atoms with E-state index in [-0.39, 0.29) is 16.9 Å². The summed E-state index contributed by atoms with van der Waals surface area (Å²) in [4.78, 5) is 25.1. The molecule has 0 bridgehead atoms.